The van der Waals surface area contributed by atoms with Gasteiger partial charge in [0.25, 0.3) is 0 Å². The van der Waals surface area contributed by atoms with E-state index in [-0.39, 0.29) is 6.04 Å². The summed E-state index contributed by atoms with van der Waals surface area (Å²) in [6, 6.07) is 0.227. The molecule has 1 saturated heterocycles. The summed E-state index contributed by atoms with van der Waals surface area (Å²) in [5.74, 6) is 4.08. The number of carbonyl (C=O) groups is 1. The van der Waals surface area contributed by atoms with Crippen LogP contribution in [0.25, 0.3) is 0 Å². The third kappa shape index (κ3) is 1.42. The molecular weight excluding hydrogens is 226 g/mol. The zero-order chi connectivity index (χ0) is 12.3. The molecule has 3 aliphatic carbocycles. The van der Waals surface area contributed by atoms with Crippen LogP contribution >= 0.6 is 0 Å². The normalized spacial score (nSPS) is 49.3. The number of nitrogens with zero attached hydrogens (tertiary/aromatic N) is 1. The van der Waals surface area contributed by atoms with Gasteiger partial charge in [-0.05, 0) is 42.9 Å². The molecule has 4 nitrogen and oxygen atoms in total. The summed E-state index contributed by atoms with van der Waals surface area (Å²) in [6.07, 6.45) is 4.19. The molecule has 1 amide bonds. The van der Waals surface area contributed by atoms with Crippen LogP contribution in [0, 0.1) is 29.6 Å². The first-order valence-electron chi connectivity index (χ1n) is 7.52. The number of carbonyl (C=O) groups excluding carboxylic acids is 1. The molecule has 4 heteroatoms. The zero-order valence-corrected chi connectivity index (χ0v) is 10.8. The molecule has 0 aromatic heterocycles. The van der Waals surface area contributed by atoms with Crippen LogP contribution in [0.15, 0.2) is 0 Å². The summed E-state index contributed by atoms with van der Waals surface area (Å²) in [4.78, 5) is 14.8. The predicted octanol–water partition coefficient (Wildman–Crippen LogP) is 0.0376. The number of piperazine rings is 1. The fourth-order valence-corrected chi connectivity index (χ4v) is 5.11. The first-order chi connectivity index (χ1) is 8.81. The highest BCUT2D eigenvalue weighted by atomic mass is 16.2. The summed E-state index contributed by atoms with van der Waals surface area (Å²) < 4.78 is 0. The molecule has 18 heavy (non-hydrogen) atoms. The van der Waals surface area contributed by atoms with Crippen molar-refractivity contribution in [1.29, 1.82) is 0 Å². The molecule has 3 saturated carbocycles. The van der Waals surface area contributed by atoms with Crippen LogP contribution in [0.2, 0.25) is 0 Å². The third-order valence-electron chi connectivity index (χ3n) is 5.93. The Labute approximate surface area is 108 Å². The highest BCUT2D eigenvalue weighted by Gasteiger charge is 2.68. The van der Waals surface area contributed by atoms with Gasteiger partial charge in [0.1, 0.15) is 0 Å². The van der Waals surface area contributed by atoms with Crippen molar-refractivity contribution in [3.8, 4) is 0 Å². The predicted molar refractivity (Wildman–Crippen MR) is 68.7 cm³/mol. The van der Waals surface area contributed by atoms with Gasteiger partial charge in [0, 0.05) is 32.1 Å². The molecule has 0 spiro atoms. The monoisotopic (exact) mass is 249 g/mol. The van der Waals surface area contributed by atoms with Gasteiger partial charge in [-0.15, -0.1) is 0 Å². The first-order valence-corrected chi connectivity index (χ1v) is 7.52. The highest BCUT2D eigenvalue weighted by Crippen LogP contribution is 2.69. The Morgan fingerprint density at radius 1 is 1.28 bits per heavy atom. The largest absolute Gasteiger partial charge is 0.336 e. The van der Waals surface area contributed by atoms with Crippen molar-refractivity contribution in [3.05, 3.63) is 0 Å². The second-order valence-corrected chi connectivity index (χ2v) is 6.64. The minimum Gasteiger partial charge on any atom is -0.336 e. The standard InChI is InChI=1S/C14H23N3O/c15-6-10-7-16-3-4-17(10)14(18)13-11-8-1-2-9(5-8)12(11)13/h8-13,16H,1-7,15H2. The van der Waals surface area contributed by atoms with Crippen LogP contribution in [0.4, 0.5) is 0 Å². The topological polar surface area (TPSA) is 58.4 Å². The molecule has 4 rings (SSSR count). The molecule has 3 N–H and O–H groups in total. The van der Waals surface area contributed by atoms with Crippen molar-refractivity contribution < 1.29 is 4.79 Å². The van der Waals surface area contributed by atoms with Crippen molar-refractivity contribution in [3.63, 3.8) is 0 Å². The Morgan fingerprint density at radius 3 is 2.67 bits per heavy atom. The summed E-state index contributed by atoms with van der Waals surface area (Å²) in [5, 5.41) is 3.34. The number of fused-ring (bicyclic) bond motifs is 5. The van der Waals surface area contributed by atoms with Gasteiger partial charge in [-0.1, -0.05) is 0 Å². The highest BCUT2D eigenvalue weighted by molar-refractivity contribution is 5.83. The molecule has 0 aromatic carbocycles. The van der Waals surface area contributed by atoms with Gasteiger partial charge in [-0.3, -0.25) is 4.79 Å². The lowest BCUT2D eigenvalue weighted by atomic mass is 10.0. The molecular formula is C14H23N3O. The van der Waals surface area contributed by atoms with E-state index < -0.39 is 0 Å². The van der Waals surface area contributed by atoms with Gasteiger partial charge in [0.15, 0.2) is 0 Å². The van der Waals surface area contributed by atoms with E-state index in [1.807, 2.05) is 0 Å². The van der Waals surface area contributed by atoms with Gasteiger partial charge >= 0.3 is 0 Å². The molecule has 5 unspecified atom stereocenters. The summed E-state index contributed by atoms with van der Waals surface area (Å²) >= 11 is 0. The average molecular weight is 249 g/mol. The molecule has 1 heterocycles. The molecule has 4 aliphatic rings. The van der Waals surface area contributed by atoms with E-state index in [1.165, 1.54) is 19.3 Å². The van der Waals surface area contributed by atoms with Crippen molar-refractivity contribution in [2.45, 2.75) is 25.3 Å². The second kappa shape index (κ2) is 3.94. The summed E-state index contributed by atoms with van der Waals surface area (Å²) in [6.45, 7) is 3.24. The number of rotatable bonds is 2. The average Bonchev–Trinajstić information content (AvgIpc) is 2.85. The number of hydrogen-bond donors (Lipinski definition) is 2. The molecule has 0 radical (unpaired) electrons. The summed E-state index contributed by atoms with van der Waals surface area (Å²) in [7, 11) is 0. The second-order valence-electron chi connectivity index (χ2n) is 6.64. The molecule has 0 aromatic rings. The van der Waals surface area contributed by atoms with Crippen LogP contribution < -0.4 is 11.1 Å². The quantitative estimate of drug-likeness (QED) is 0.726. The van der Waals surface area contributed by atoms with Gasteiger partial charge in [-0.2, -0.15) is 0 Å². The van der Waals surface area contributed by atoms with Gasteiger partial charge in [-0.25, -0.2) is 0 Å². The van der Waals surface area contributed by atoms with Crippen LogP contribution in [0.1, 0.15) is 19.3 Å². The SMILES string of the molecule is NCC1CNCCN1C(=O)C1C2C3CCC(C3)C12. The Hall–Kier alpha value is -0.610. The summed E-state index contributed by atoms with van der Waals surface area (Å²) in [5.41, 5.74) is 5.80. The van der Waals surface area contributed by atoms with E-state index in [4.69, 9.17) is 5.73 Å². The number of amides is 1. The number of hydrogen-bond acceptors (Lipinski definition) is 3. The smallest absolute Gasteiger partial charge is 0.226 e. The van der Waals surface area contributed by atoms with Crippen LogP contribution in [0.5, 0.6) is 0 Å². The molecule has 2 bridgehead atoms. The number of nitrogens with two attached hydrogens (primary N) is 1. The molecule has 4 fully saturated rings. The first kappa shape index (κ1) is 11.2. The van der Waals surface area contributed by atoms with E-state index in [1.54, 1.807) is 0 Å². The Kier molecular flexibility index (Phi) is 2.46. The maximum absolute atomic E-state index is 12.7. The van der Waals surface area contributed by atoms with E-state index in [2.05, 4.69) is 10.2 Å². The van der Waals surface area contributed by atoms with E-state index in [0.29, 0.717) is 18.4 Å². The maximum atomic E-state index is 12.7. The Balaban J connectivity index is 1.48. The van der Waals surface area contributed by atoms with Crippen LogP contribution in [-0.4, -0.2) is 43.0 Å². The lowest BCUT2D eigenvalue weighted by molar-refractivity contribution is -0.136. The van der Waals surface area contributed by atoms with Crippen LogP contribution in [0.3, 0.4) is 0 Å². The molecule has 5 atom stereocenters. The zero-order valence-electron chi connectivity index (χ0n) is 10.8. The minimum absolute atomic E-state index is 0.227. The molecule has 1 aliphatic heterocycles. The number of nitrogens with one attached hydrogen (secondary N) is 1. The van der Waals surface area contributed by atoms with E-state index >= 15 is 0 Å². The Bertz CT molecular complexity index is 356. The van der Waals surface area contributed by atoms with Gasteiger partial charge < -0.3 is 16.0 Å². The van der Waals surface area contributed by atoms with Crippen molar-refractivity contribution >= 4 is 5.91 Å². The fraction of sp³-hybridized carbons (Fsp3) is 0.929. The third-order valence-corrected chi connectivity index (χ3v) is 5.93. The maximum Gasteiger partial charge on any atom is 0.226 e. The fourth-order valence-electron chi connectivity index (χ4n) is 5.11. The lowest BCUT2D eigenvalue weighted by Crippen LogP contribution is -2.57. The van der Waals surface area contributed by atoms with Crippen molar-refractivity contribution in [2.24, 2.45) is 35.3 Å². The van der Waals surface area contributed by atoms with Crippen LogP contribution in [-0.2, 0) is 4.79 Å². The molecule has 100 valence electrons. The minimum atomic E-state index is 0.227. The van der Waals surface area contributed by atoms with Crippen molar-refractivity contribution in [1.82, 2.24) is 10.2 Å². The Morgan fingerprint density at radius 2 is 2.00 bits per heavy atom. The van der Waals surface area contributed by atoms with Gasteiger partial charge in [0.2, 0.25) is 5.91 Å². The van der Waals surface area contributed by atoms with Gasteiger partial charge in [0.05, 0.1) is 6.04 Å². The van der Waals surface area contributed by atoms with E-state index in [9.17, 15) is 4.79 Å². The lowest BCUT2D eigenvalue weighted by Gasteiger charge is -2.36. The van der Waals surface area contributed by atoms with Crippen molar-refractivity contribution in [2.75, 3.05) is 26.2 Å². The van der Waals surface area contributed by atoms with E-state index in [0.717, 1.165) is 43.3 Å².